The highest BCUT2D eigenvalue weighted by atomic mass is 16.3. The predicted octanol–water partition coefficient (Wildman–Crippen LogP) is 0.359. The number of nitrogens with zero attached hydrogens (tertiary/aromatic N) is 1. The molecule has 2 N–H and O–H groups in total. The van der Waals surface area contributed by atoms with Gasteiger partial charge in [0.15, 0.2) is 0 Å². The molecule has 16 heavy (non-hydrogen) atoms. The first kappa shape index (κ1) is 11.9. The number of aliphatic hydroxyl groups excluding tert-OH is 1. The van der Waals surface area contributed by atoms with E-state index in [2.05, 4.69) is 12.2 Å². The van der Waals surface area contributed by atoms with E-state index < -0.39 is 0 Å². The highest BCUT2D eigenvalue weighted by molar-refractivity contribution is 5.83. The minimum Gasteiger partial charge on any atom is -0.391 e. The molecule has 0 bridgehead atoms. The van der Waals surface area contributed by atoms with Crippen molar-refractivity contribution in [3.8, 4) is 0 Å². The van der Waals surface area contributed by atoms with Crippen LogP contribution < -0.4 is 5.32 Å². The van der Waals surface area contributed by atoms with Crippen LogP contribution in [0.5, 0.6) is 0 Å². The van der Waals surface area contributed by atoms with Crippen LogP contribution in [0.25, 0.3) is 0 Å². The Balaban J connectivity index is 2.04. The Morgan fingerprint density at radius 1 is 1.62 bits per heavy atom. The van der Waals surface area contributed by atoms with Crippen molar-refractivity contribution in [3.05, 3.63) is 0 Å². The maximum Gasteiger partial charge on any atom is 0.230 e. The molecule has 4 nitrogen and oxygen atoms in total. The third-order valence-corrected chi connectivity index (χ3v) is 4.06. The molecule has 92 valence electrons. The Kier molecular flexibility index (Phi) is 3.50. The Morgan fingerprint density at radius 2 is 2.44 bits per heavy atom. The van der Waals surface area contributed by atoms with E-state index in [9.17, 15) is 9.90 Å². The smallest absolute Gasteiger partial charge is 0.230 e. The molecule has 2 atom stereocenters. The SMILES string of the molecule is CCC1(C(=O)N2CCC[C@H](O)C2)CCNC1. The molecule has 0 radical (unpaired) electrons. The van der Waals surface area contributed by atoms with E-state index in [-0.39, 0.29) is 17.4 Å². The molecule has 2 fully saturated rings. The van der Waals surface area contributed by atoms with Gasteiger partial charge in [0, 0.05) is 19.6 Å². The van der Waals surface area contributed by atoms with E-state index in [1.54, 1.807) is 0 Å². The molecule has 2 rings (SSSR count). The number of piperidine rings is 1. The number of nitrogens with one attached hydrogen (secondary N) is 1. The molecule has 2 saturated heterocycles. The fourth-order valence-electron chi connectivity index (χ4n) is 2.85. The molecule has 2 aliphatic heterocycles. The second-order valence-corrected chi connectivity index (χ2v) is 5.11. The first-order valence-electron chi connectivity index (χ1n) is 6.36. The zero-order valence-corrected chi connectivity index (χ0v) is 10.0. The molecule has 0 aromatic rings. The normalized spacial score (nSPS) is 35.4. The Bertz CT molecular complexity index is 262. The molecule has 4 heteroatoms. The van der Waals surface area contributed by atoms with Gasteiger partial charge in [0.2, 0.25) is 5.91 Å². The summed E-state index contributed by atoms with van der Waals surface area (Å²) in [7, 11) is 0. The fraction of sp³-hybridized carbons (Fsp3) is 0.917. The van der Waals surface area contributed by atoms with Gasteiger partial charge in [-0.2, -0.15) is 0 Å². The first-order chi connectivity index (χ1) is 7.68. The number of amides is 1. The summed E-state index contributed by atoms with van der Waals surface area (Å²) >= 11 is 0. The van der Waals surface area contributed by atoms with E-state index in [0.29, 0.717) is 6.54 Å². The maximum absolute atomic E-state index is 12.5. The molecular formula is C12H22N2O2. The lowest BCUT2D eigenvalue weighted by atomic mass is 9.82. The third-order valence-electron chi connectivity index (χ3n) is 4.06. The second-order valence-electron chi connectivity index (χ2n) is 5.11. The zero-order valence-electron chi connectivity index (χ0n) is 10.0. The number of likely N-dealkylation sites (tertiary alicyclic amines) is 1. The summed E-state index contributed by atoms with van der Waals surface area (Å²) in [4.78, 5) is 14.3. The van der Waals surface area contributed by atoms with Crippen molar-refractivity contribution in [2.45, 2.75) is 38.7 Å². The van der Waals surface area contributed by atoms with Crippen molar-refractivity contribution in [2.24, 2.45) is 5.41 Å². The monoisotopic (exact) mass is 226 g/mol. The van der Waals surface area contributed by atoms with Gasteiger partial charge in [0.1, 0.15) is 0 Å². The van der Waals surface area contributed by atoms with Crippen molar-refractivity contribution in [1.29, 1.82) is 0 Å². The number of β-amino-alcohol motifs (C(OH)–C–C–N with tert-alkyl or cyclic N) is 1. The van der Waals surface area contributed by atoms with Gasteiger partial charge >= 0.3 is 0 Å². The van der Waals surface area contributed by atoms with Gasteiger partial charge in [0.05, 0.1) is 11.5 Å². The van der Waals surface area contributed by atoms with Crippen LogP contribution in [-0.4, -0.2) is 48.2 Å². The fourth-order valence-corrected chi connectivity index (χ4v) is 2.85. The molecule has 0 aromatic heterocycles. The van der Waals surface area contributed by atoms with Gasteiger partial charge in [-0.3, -0.25) is 4.79 Å². The lowest BCUT2D eigenvalue weighted by Crippen LogP contribution is -2.50. The van der Waals surface area contributed by atoms with Crippen LogP contribution in [0.4, 0.5) is 0 Å². The summed E-state index contributed by atoms with van der Waals surface area (Å²) in [6.45, 7) is 5.18. The summed E-state index contributed by atoms with van der Waals surface area (Å²) < 4.78 is 0. The number of carbonyl (C=O) groups is 1. The van der Waals surface area contributed by atoms with Crippen molar-refractivity contribution >= 4 is 5.91 Å². The van der Waals surface area contributed by atoms with Crippen molar-refractivity contribution in [3.63, 3.8) is 0 Å². The summed E-state index contributed by atoms with van der Waals surface area (Å²) in [5.74, 6) is 0.249. The molecule has 0 spiro atoms. The topological polar surface area (TPSA) is 52.6 Å². The Hall–Kier alpha value is -0.610. The molecular weight excluding hydrogens is 204 g/mol. The van der Waals surface area contributed by atoms with E-state index >= 15 is 0 Å². The average Bonchev–Trinajstić information content (AvgIpc) is 2.78. The minimum atomic E-state index is -0.319. The molecule has 0 aromatic carbocycles. The number of carbonyl (C=O) groups excluding carboxylic acids is 1. The summed E-state index contributed by atoms with van der Waals surface area (Å²) in [5, 5.41) is 12.9. The number of rotatable bonds is 2. The van der Waals surface area contributed by atoms with E-state index in [1.165, 1.54) is 0 Å². The molecule has 0 saturated carbocycles. The quantitative estimate of drug-likeness (QED) is 0.715. The maximum atomic E-state index is 12.5. The predicted molar refractivity (Wildman–Crippen MR) is 62.0 cm³/mol. The summed E-state index contributed by atoms with van der Waals surface area (Å²) in [5.41, 5.74) is -0.197. The molecule has 2 heterocycles. The van der Waals surface area contributed by atoms with Crippen LogP contribution in [0.2, 0.25) is 0 Å². The lowest BCUT2D eigenvalue weighted by molar-refractivity contribution is -0.144. The molecule has 2 aliphatic rings. The summed E-state index contributed by atoms with van der Waals surface area (Å²) in [6, 6.07) is 0. The van der Waals surface area contributed by atoms with E-state index in [1.807, 2.05) is 4.90 Å². The largest absolute Gasteiger partial charge is 0.391 e. The number of hydrogen-bond donors (Lipinski definition) is 2. The van der Waals surface area contributed by atoms with Crippen LogP contribution in [0.1, 0.15) is 32.6 Å². The van der Waals surface area contributed by atoms with Crippen molar-refractivity contribution in [2.75, 3.05) is 26.2 Å². The first-order valence-corrected chi connectivity index (χ1v) is 6.36. The molecule has 0 aliphatic carbocycles. The lowest BCUT2D eigenvalue weighted by Gasteiger charge is -2.37. The van der Waals surface area contributed by atoms with Gasteiger partial charge in [-0.25, -0.2) is 0 Å². The highest BCUT2D eigenvalue weighted by Crippen LogP contribution is 2.32. The zero-order chi connectivity index (χ0) is 11.6. The molecule has 1 amide bonds. The second kappa shape index (κ2) is 4.72. The van der Waals surface area contributed by atoms with Crippen LogP contribution >= 0.6 is 0 Å². The molecule has 1 unspecified atom stereocenters. The van der Waals surface area contributed by atoms with Crippen LogP contribution in [-0.2, 0) is 4.79 Å². The number of aliphatic hydroxyl groups is 1. The Labute approximate surface area is 97.0 Å². The van der Waals surface area contributed by atoms with Gasteiger partial charge in [-0.05, 0) is 32.2 Å². The number of hydrogen-bond acceptors (Lipinski definition) is 3. The van der Waals surface area contributed by atoms with E-state index in [0.717, 1.165) is 45.3 Å². The van der Waals surface area contributed by atoms with Crippen LogP contribution in [0.3, 0.4) is 0 Å². The van der Waals surface area contributed by atoms with Crippen molar-refractivity contribution < 1.29 is 9.90 Å². The van der Waals surface area contributed by atoms with Gasteiger partial charge < -0.3 is 15.3 Å². The van der Waals surface area contributed by atoms with Crippen LogP contribution in [0.15, 0.2) is 0 Å². The minimum absolute atomic E-state index is 0.197. The standard InChI is InChI=1S/C12H22N2O2/c1-2-12(5-6-13-9-12)11(16)14-7-3-4-10(15)8-14/h10,13,15H,2-9H2,1H3/t10-,12?/m0/s1. The van der Waals surface area contributed by atoms with Gasteiger partial charge in [-0.15, -0.1) is 0 Å². The van der Waals surface area contributed by atoms with E-state index in [4.69, 9.17) is 0 Å². The Morgan fingerprint density at radius 3 is 3.00 bits per heavy atom. The van der Waals surface area contributed by atoms with Gasteiger partial charge in [0.25, 0.3) is 0 Å². The summed E-state index contributed by atoms with van der Waals surface area (Å²) in [6.07, 6.45) is 3.28. The average molecular weight is 226 g/mol. The van der Waals surface area contributed by atoms with Crippen molar-refractivity contribution in [1.82, 2.24) is 10.2 Å². The third kappa shape index (κ3) is 2.09. The van der Waals surface area contributed by atoms with Crippen LogP contribution in [0, 0.1) is 5.41 Å². The highest BCUT2D eigenvalue weighted by Gasteiger charge is 2.42. The van der Waals surface area contributed by atoms with Gasteiger partial charge in [-0.1, -0.05) is 6.92 Å².